The summed E-state index contributed by atoms with van der Waals surface area (Å²) in [4.78, 5) is 11.0. The van der Waals surface area contributed by atoms with Crippen molar-refractivity contribution in [2.24, 2.45) is 5.73 Å². The van der Waals surface area contributed by atoms with Gasteiger partial charge in [-0.2, -0.15) is 0 Å². The summed E-state index contributed by atoms with van der Waals surface area (Å²) in [6, 6.07) is 0. The molecule has 1 fully saturated rings. The Labute approximate surface area is 146 Å². The number of nitrogen functional groups attached to an aromatic ring is 1. The van der Waals surface area contributed by atoms with Crippen LogP contribution in [0.5, 0.6) is 0 Å². The Kier molecular flexibility index (Phi) is 5.34. The molecule has 0 radical (unpaired) electrons. The smallest absolute Gasteiger partial charge is 0.152 e. The van der Waals surface area contributed by atoms with Gasteiger partial charge >= 0.3 is 0 Å². The fourth-order valence-electron chi connectivity index (χ4n) is 2.44. The predicted octanol–water partition coefficient (Wildman–Crippen LogP) is 3.26. The minimum Gasteiger partial charge on any atom is -0.382 e. The molecule has 23 heavy (non-hydrogen) atoms. The first-order chi connectivity index (χ1) is 10.7. The normalized spacial score (nSPS) is 18.3. The zero-order valence-electron chi connectivity index (χ0n) is 13.1. The molecule has 1 aromatic rings. The monoisotopic (exact) mass is 353 g/mol. The lowest BCUT2D eigenvalue weighted by Crippen LogP contribution is -2.48. The number of hydrogen-bond acceptors (Lipinski definition) is 5. The Morgan fingerprint density at radius 1 is 1.39 bits per heavy atom. The lowest BCUT2D eigenvalue weighted by molar-refractivity contribution is 0.363. The van der Waals surface area contributed by atoms with E-state index >= 15 is 0 Å². The lowest BCUT2D eigenvalue weighted by Gasteiger charge is -2.37. The van der Waals surface area contributed by atoms with Crippen molar-refractivity contribution >= 4 is 40.4 Å². The molecule has 2 rings (SSSR count). The van der Waals surface area contributed by atoms with Crippen LogP contribution in [0.4, 0.5) is 11.6 Å². The van der Waals surface area contributed by atoms with E-state index in [0.29, 0.717) is 11.3 Å². The van der Waals surface area contributed by atoms with Crippen molar-refractivity contribution in [2.75, 3.05) is 23.7 Å². The highest BCUT2D eigenvalue weighted by molar-refractivity contribution is 6.46. The van der Waals surface area contributed by atoms with Crippen LogP contribution in [-0.4, -0.2) is 28.6 Å². The van der Waals surface area contributed by atoms with Crippen LogP contribution in [-0.2, 0) is 0 Å². The number of allylic oxidation sites excluding steroid dienone is 4. The molecule has 0 atom stereocenters. The van der Waals surface area contributed by atoms with Crippen molar-refractivity contribution < 1.29 is 0 Å². The largest absolute Gasteiger partial charge is 0.382 e. The van der Waals surface area contributed by atoms with Gasteiger partial charge in [0.1, 0.15) is 11.5 Å². The van der Waals surface area contributed by atoms with Gasteiger partial charge in [0.2, 0.25) is 0 Å². The van der Waals surface area contributed by atoms with Gasteiger partial charge in [-0.05, 0) is 19.8 Å². The standard InChI is InChI=1S/C16H21Cl2N5/c1-4-11(13(18)10(2)17)14-15(19)22-12(9-21-14)23-7-5-16(3,20)6-8-23/h4,9H,1-2,5-8,20H2,3H3,(H2,19,22)/b13-11-. The molecule has 0 bridgehead atoms. The van der Waals surface area contributed by atoms with Crippen LogP contribution in [0.3, 0.4) is 0 Å². The second-order valence-electron chi connectivity index (χ2n) is 5.94. The average molecular weight is 354 g/mol. The number of nitrogens with two attached hydrogens (primary N) is 2. The molecule has 4 N–H and O–H groups in total. The first-order valence-electron chi connectivity index (χ1n) is 7.29. The van der Waals surface area contributed by atoms with Crippen molar-refractivity contribution in [1.82, 2.24) is 9.97 Å². The molecule has 1 aliphatic rings. The van der Waals surface area contributed by atoms with Crippen LogP contribution in [0.2, 0.25) is 0 Å². The third kappa shape index (κ3) is 4.05. The van der Waals surface area contributed by atoms with E-state index in [1.54, 1.807) is 6.20 Å². The van der Waals surface area contributed by atoms with Gasteiger partial charge < -0.3 is 16.4 Å². The summed E-state index contributed by atoms with van der Waals surface area (Å²) in [5.74, 6) is 1.00. The number of hydrogen-bond donors (Lipinski definition) is 2. The van der Waals surface area contributed by atoms with Gasteiger partial charge in [0, 0.05) is 24.2 Å². The minimum absolute atomic E-state index is 0.123. The second kappa shape index (κ2) is 6.91. The van der Waals surface area contributed by atoms with E-state index in [1.807, 2.05) is 0 Å². The van der Waals surface area contributed by atoms with Gasteiger partial charge in [-0.1, -0.05) is 42.4 Å². The zero-order chi connectivity index (χ0) is 17.2. The molecule has 0 unspecified atom stereocenters. The zero-order valence-corrected chi connectivity index (χ0v) is 14.7. The van der Waals surface area contributed by atoms with E-state index < -0.39 is 0 Å². The third-order valence-electron chi connectivity index (χ3n) is 3.95. The topological polar surface area (TPSA) is 81.1 Å². The third-order valence-corrected chi connectivity index (χ3v) is 4.67. The van der Waals surface area contributed by atoms with Crippen LogP contribution in [0.1, 0.15) is 25.5 Å². The Hall–Kier alpha value is -1.56. The molecule has 1 saturated heterocycles. The summed E-state index contributed by atoms with van der Waals surface area (Å²) in [5.41, 5.74) is 13.0. The van der Waals surface area contributed by atoms with Crippen molar-refractivity contribution in [1.29, 1.82) is 0 Å². The number of piperidine rings is 1. The summed E-state index contributed by atoms with van der Waals surface area (Å²) in [6.45, 7) is 11.0. The van der Waals surface area contributed by atoms with E-state index in [4.69, 9.17) is 34.7 Å². The number of nitrogens with zero attached hydrogens (tertiary/aromatic N) is 3. The first-order valence-corrected chi connectivity index (χ1v) is 8.04. The molecule has 0 aromatic carbocycles. The van der Waals surface area contributed by atoms with Gasteiger partial charge in [0.15, 0.2) is 5.82 Å². The Morgan fingerprint density at radius 2 is 2.00 bits per heavy atom. The highest BCUT2D eigenvalue weighted by Gasteiger charge is 2.27. The molecule has 0 spiro atoms. The van der Waals surface area contributed by atoms with E-state index in [9.17, 15) is 0 Å². The molecule has 124 valence electrons. The maximum atomic E-state index is 6.15. The predicted molar refractivity (Wildman–Crippen MR) is 98.4 cm³/mol. The quantitative estimate of drug-likeness (QED) is 0.811. The minimum atomic E-state index is -0.123. The SMILES string of the molecule is C=C/C(=C(/Cl)C(=C)Cl)c1ncc(N2CCC(C)(N)CC2)nc1N. The number of halogens is 2. The fourth-order valence-corrected chi connectivity index (χ4v) is 2.70. The van der Waals surface area contributed by atoms with Crippen molar-refractivity contribution in [3.8, 4) is 0 Å². The van der Waals surface area contributed by atoms with Crippen LogP contribution in [0.15, 0.2) is 35.5 Å². The molecule has 0 amide bonds. The van der Waals surface area contributed by atoms with Gasteiger partial charge in [0.25, 0.3) is 0 Å². The number of aromatic nitrogens is 2. The van der Waals surface area contributed by atoms with Gasteiger partial charge in [-0.15, -0.1) is 0 Å². The van der Waals surface area contributed by atoms with Crippen LogP contribution in [0, 0.1) is 0 Å². The molecule has 1 aromatic heterocycles. The van der Waals surface area contributed by atoms with Gasteiger partial charge in [0.05, 0.1) is 16.3 Å². The van der Waals surface area contributed by atoms with Crippen LogP contribution in [0.25, 0.3) is 5.57 Å². The van der Waals surface area contributed by atoms with Gasteiger partial charge in [-0.25, -0.2) is 9.97 Å². The van der Waals surface area contributed by atoms with Gasteiger partial charge in [-0.3, -0.25) is 0 Å². The van der Waals surface area contributed by atoms with Crippen molar-refractivity contribution in [2.45, 2.75) is 25.3 Å². The first kappa shape index (κ1) is 17.8. The van der Waals surface area contributed by atoms with E-state index in [1.165, 1.54) is 6.08 Å². The fraction of sp³-hybridized carbons (Fsp3) is 0.375. The highest BCUT2D eigenvalue weighted by atomic mass is 35.5. The number of anilines is 2. The van der Waals surface area contributed by atoms with Crippen molar-refractivity contribution in [3.63, 3.8) is 0 Å². The Morgan fingerprint density at radius 3 is 2.48 bits per heavy atom. The molecule has 0 aliphatic carbocycles. The summed E-state index contributed by atoms with van der Waals surface area (Å²) in [5, 5.41) is 0.456. The molecular formula is C16H21Cl2N5. The van der Waals surface area contributed by atoms with E-state index in [2.05, 4.69) is 34.9 Å². The molecule has 1 aliphatic heterocycles. The van der Waals surface area contributed by atoms with E-state index in [0.717, 1.165) is 31.7 Å². The van der Waals surface area contributed by atoms with Crippen LogP contribution < -0.4 is 16.4 Å². The van der Waals surface area contributed by atoms with Crippen molar-refractivity contribution in [3.05, 3.63) is 41.2 Å². The summed E-state index contributed by atoms with van der Waals surface area (Å²) < 4.78 is 0. The molecule has 7 heteroatoms. The Balaban J connectivity index is 2.30. The molecular weight excluding hydrogens is 333 g/mol. The maximum Gasteiger partial charge on any atom is 0.152 e. The summed E-state index contributed by atoms with van der Waals surface area (Å²) in [6.07, 6.45) is 5.00. The lowest BCUT2D eigenvalue weighted by atomic mass is 9.91. The highest BCUT2D eigenvalue weighted by Crippen LogP contribution is 2.31. The molecule has 5 nitrogen and oxygen atoms in total. The van der Waals surface area contributed by atoms with Crippen LogP contribution >= 0.6 is 23.2 Å². The summed E-state index contributed by atoms with van der Waals surface area (Å²) >= 11 is 12.0. The maximum absolute atomic E-state index is 6.15. The van der Waals surface area contributed by atoms with E-state index in [-0.39, 0.29) is 21.4 Å². The Bertz CT molecular complexity index is 656. The average Bonchev–Trinajstić information content (AvgIpc) is 2.49. The number of rotatable bonds is 4. The summed E-state index contributed by atoms with van der Waals surface area (Å²) in [7, 11) is 0. The molecule has 0 saturated carbocycles. The second-order valence-corrected chi connectivity index (χ2v) is 6.77. The molecule has 2 heterocycles.